The Kier molecular flexibility index (Phi) is 4.58. The van der Waals surface area contributed by atoms with Crippen molar-refractivity contribution in [3.63, 3.8) is 0 Å². The van der Waals surface area contributed by atoms with E-state index in [-0.39, 0.29) is 6.79 Å². The number of hydrogen-bond acceptors (Lipinski definition) is 6. The second-order valence-corrected chi connectivity index (χ2v) is 5.09. The van der Waals surface area contributed by atoms with Gasteiger partial charge in [-0.2, -0.15) is 4.98 Å². The van der Waals surface area contributed by atoms with Gasteiger partial charge in [-0.05, 0) is 24.6 Å². The molecule has 1 aromatic carbocycles. The molecule has 116 valence electrons. The summed E-state index contributed by atoms with van der Waals surface area (Å²) in [7, 11) is 0. The third-order valence-electron chi connectivity index (χ3n) is 3.37. The second kappa shape index (κ2) is 6.98. The second-order valence-electron chi connectivity index (χ2n) is 5.09. The predicted octanol–water partition coefficient (Wildman–Crippen LogP) is 3.55. The predicted molar refractivity (Wildman–Crippen MR) is 85.9 cm³/mol. The molecule has 0 spiro atoms. The first-order valence-electron chi connectivity index (χ1n) is 7.59. The molecule has 0 aliphatic carbocycles. The average Bonchev–Trinajstić information content (AvgIpc) is 3.00. The van der Waals surface area contributed by atoms with E-state index in [2.05, 4.69) is 27.5 Å². The molecule has 1 aromatic heterocycles. The lowest BCUT2D eigenvalue weighted by Crippen LogP contribution is -2.05. The Hall–Kier alpha value is -2.50. The standard InChI is InChI=1S/C16H20N4O2/c1-2-3-4-8-17-15-7-9-18-16(20-15)19-12-5-6-13-14(10-12)22-11-21-13/h5-7,9-10H,2-4,8,11H2,1H3,(H2,17,18,19,20). The molecule has 22 heavy (non-hydrogen) atoms. The summed E-state index contributed by atoms with van der Waals surface area (Å²) in [4.78, 5) is 8.69. The summed E-state index contributed by atoms with van der Waals surface area (Å²) in [6.45, 7) is 3.39. The van der Waals surface area contributed by atoms with E-state index in [1.807, 2.05) is 24.3 Å². The van der Waals surface area contributed by atoms with Crippen LogP contribution in [0.25, 0.3) is 0 Å². The van der Waals surface area contributed by atoms with Gasteiger partial charge in [0.05, 0.1) is 0 Å². The number of aromatic nitrogens is 2. The molecule has 6 heteroatoms. The van der Waals surface area contributed by atoms with Gasteiger partial charge in [-0.1, -0.05) is 19.8 Å². The monoisotopic (exact) mass is 300 g/mol. The van der Waals surface area contributed by atoms with Crippen molar-refractivity contribution < 1.29 is 9.47 Å². The average molecular weight is 300 g/mol. The Morgan fingerprint density at radius 1 is 1.14 bits per heavy atom. The molecule has 1 aliphatic rings. The summed E-state index contributed by atoms with van der Waals surface area (Å²) >= 11 is 0. The van der Waals surface area contributed by atoms with E-state index >= 15 is 0 Å². The lowest BCUT2D eigenvalue weighted by Gasteiger charge is -2.08. The Morgan fingerprint density at radius 3 is 2.95 bits per heavy atom. The molecule has 2 heterocycles. The van der Waals surface area contributed by atoms with Crippen LogP contribution in [-0.4, -0.2) is 23.3 Å². The summed E-state index contributed by atoms with van der Waals surface area (Å²) in [5, 5.41) is 6.49. The van der Waals surface area contributed by atoms with Crippen LogP contribution in [0.15, 0.2) is 30.5 Å². The van der Waals surface area contributed by atoms with Crippen molar-refractivity contribution in [3.05, 3.63) is 30.5 Å². The van der Waals surface area contributed by atoms with Gasteiger partial charge >= 0.3 is 0 Å². The number of nitrogens with one attached hydrogen (secondary N) is 2. The molecule has 0 saturated carbocycles. The zero-order valence-corrected chi connectivity index (χ0v) is 12.6. The Labute approximate surface area is 129 Å². The molecule has 0 bridgehead atoms. The van der Waals surface area contributed by atoms with Gasteiger partial charge in [0, 0.05) is 24.5 Å². The third kappa shape index (κ3) is 3.58. The molecule has 3 rings (SSSR count). The highest BCUT2D eigenvalue weighted by Crippen LogP contribution is 2.34. The third-order valence-corrected chi connectivity index (χ3v) is 3.37. The van der Waals surface area contributed by atoms with Crippen LogP contribution in [-0.2, 0) is 0 Å². The fourth-order valence-electron chi connectivity index (χ4n) is 2.21. The summed E-state index contributed by atoms with van der Waals surface area (Å²) in [5.41, 5.74) is 0.868. The van der Waals surface area contributed by atoms with Crippen LogP contribution in [0.1, 0.15) is 26.2 Å². The highest BCUT2D eigenvalue weighted by Gasteiger charge is 2.13. The van der Waals surface area contributed by atoms with Crippen LogP contribution in [0.3, 0.4) is 0 Å². The highest BCUT2D eigenvalue weighted by atomic mass is 16.7. The normalized spacial score (nSPS) is 12.2. The minimum Gasteiger partial charge on any atom is -0.454 e. The number of nitrogens with zero attached hydrogens (tertiary/aromatic N) is 2. The van der Waals surface area contributed by atoms with E-state index in [1.165, 1.54) is 12.8 Å². The topological polar surface area (TPSA) is 68.3 Å². The molecule has 2 aromatic rings. The Balaban J connectivity index is 1.62. The highest BCUT2D eigenvalue weighted by molar-refractivity contribution is 5.60. The summed E-state index contributed by atoms with van der Waals surface area (Å²) < 4.78 is 10.7. The molecular weight excluding hydrogens is 280 g/mol. The zero-order valence-electron chi connectivity index (χ0n) is 12.6. The van der Waals surface area contributed by atoms with E-state index in [0.29, 0.717) is 5.95 Å². The lowest BCUT2D eigenvalue weighted by atomic mass is 10.2. The van der Waals surface area contributed by atoms with Gasteiger partial charge in [0.1, 0.15) is 5.82 Å². The maximum atomic E-state index is 5.36. The van der Waals surface area contributed by atoms with E-state index in [9.17, 15) is 0 Å². The zero-order chi connectivity index (χ0) is 15.2. The van der Waals surface area contributed by atoms with Crippen LogP contribution in [0.5, 0.6) is 11.5 Å². The van der Waals surface area contributed by atoms with Crippen LogP contribution >= 0.6 is 0 Å². The molecule has 0 radical (unpaired) electrons. The summed E-state index contributed by atoms with van der Waals surface area (Å²) in [6, 6.07) is 7.54. The summed E-state index contributed by atoms with van der Waals surface area (Å²) in [6.07, 6.45) is 5.32. The quantitative estimate of drug-likeness (QED) is 0.762. The number of rotatable bonds is 7. The van der Waals surface area contributed by atoms with Gasteiger partial charge in [0.2, 0.25) is 12.7 Å². The molecule has 2 N–H and O–H groups in total. The molecule has 0 unspecified atom stereocenters. The molecule has 0 atom stereocenters. The van der Waals surface area contributed by atoms with Crippen LogP contribution < -0.4 is 20.1 Å². The van der Waals surface area contributed by atoms with Crippen LogP contribution in [0.2, 0.25) is 0 Å². The van der Waals surface area contributed by atoms with Gasteiger partial charge in [-0.15, -0.1) is 0 Å². The maximum absolute atomic E-state index is 5.36. The van der Waals surface area contributed by atoms with Crippen LogP contribution in [0, 0.1) is 0 Å². The van der Waals surface area contributed by atoms with E-state index in [4.69, 9.17) is 9.47 Å². The molecular formula is C16H20N4O2. The SMILES string of the molecule is CCCCCNc1ccnc(Nc2ccc3c(c2)OCO3)n1. The smallest absolute Gasteiger partial charge is 0.231 e. The summed E-state index contributed by atoms with van der Waals surface area (Å²) in [5.74, 6) is 2.88. The maximum Gasteiger partial charge on any atom is 0.231 e. The number of anilines is 3. The van der Waals surface area contributed by atoms with E-state index in [0.717, 1.165) is 36.0 Å². The fraction of sp³-hybridized carbons (Fsp3) is 0.375. The molecule has 6 nitrogen and oxygen atoms in total. The van der Waals surface area contributed by atoms with Crippen LogP contribution in [0.4, 0.5) is 17.5 Å². The van der Waals surface area contributed by atoms with Crippen molar-refractivity contribution in [3.8, 4) is 11.5 Å². The van der Waals surface area contributed by atoms with Crippen molar-refractivity contribution in [2.75, 3.05) is 24.0 Å². The van der Waals surface area contributed by atoms with Crippen molar-refractivity contribution in [1.29, 1.82) is 0 Å². The number of ether oxygens (including phenoxy) is 2. The number of unbranched alkanes of at least 4 members (excludes halogenated alkanes) is 2. The first-order valence-corrected chi connectivity index (χ1v) is 7.59. The van der Waals surface area contributed by atoms with Crippen molar-refractivity contribution in [2.24, 2.45) is 0 Å². The molecule has 0 fully saturated rings. The Bertz CT molecular complexity index is 633. The number of fused-ring (bicyclic) bond motifs is 1. The first-order chi connectivity index (χ1) is 10.8. The largest absolute Gasteiger partial charge is 0.454 e. The molecule has 0 saturated heterocycles. The van der Waals surface area contributed by atoms with E-state index in [1.54, 1.807) is 6.20 Å². The van der Waals surface area contributed by atoms with Gasteiger partial charge < -0.3 is 20.1 Å². The van der Waals surface area contributed by atoms with Gasteiger partial charge in [0.15, 0.2) is 11.5 Å². The molecule has 1 aliphatic heterocycles. The number of benzene rings is 1. The Morgan fingerprint density at radius 2 is 2.05 bits per heavy atom. The number of hydrogen-bond donors (Lipinski definition) is 2. The van der Waals surface area contributed by atoms with Gasteiger partial charge in [-0.25, -0.2) is 4.98 Å². The first kappa shape index (κ1) is 14.4. The fourth-order valence-corrected chi connectivity index (χ4v) is 2.21. The van der Waals surface area contributed by atoms with Crippen molar-refractivity contribution in [1.82, 2.24) is 9.97 Å². The van der Waals surface area contributed by atoms with Crippen molar-refractivity contribution in [2.45, 2.75) is 26.2 Å². The minimum atomic E-state index is 0.270. The minimum absolute atomic E-state index is 0.270. The van der Waals surface area contributed by atoms with Crippen molar-refractivity contribution >= 4 is 17.5 Å². The van der Waals surface area contributed by atoms with Gasteiger partial charge in [0.25, 0.3) is 0 Å². The lowest BCUT2D eigenvalue weighted by molar-refractivity contribution is 0.174. The molecule has 0 amide bonds. The van der Waals surface area contributed by atoms with Gasteiger partial charge in [-0.3, -0.25) is 0 Å². The van der Waals surface area contributed by atoms with E-state index < -0.39 is 0 Å².